The molecule has 110 valence electrons. The van der Waals surface area contributed by atoms with E-state index in [4.69, 9.17) is 4.74 Å². The van der Waals surface area contributed by atoms with E-state index in [0.29, 0.717) is 12.2 Å². The van der Waals surface area contributed by atoms with Gasteiger partial charge in [0.1, 0.15) is 0 Å². The predicted octanol–water partition coefficient (Wildman–Crippen LogP) is 2.98. The van der Waals surface area contributed by atoms with Crippen molar-refractivity contribution in [2.75, 3.05) is 18.9 Å². The zero-order chi connectivity index (χ0) is 14.8. The van der Waals surface area contributed by atoms with E-state index in [2.05, 4.69) is 22.0 Å². The average Bonchev–Trinajstić information content (AvgIpc) is 2.94. The van der Waals surface area contributed by atoms with E-state index in [1.807, 2.05) is 32.0 Å². The molecule has 4 nitrogen and oxygen atoms in total. The molecule has 0 spiro atoms. The number of esters is 1. The molecule has 0 amide bonds. The van der Waals surface area contributed by atoms with Gasteiger partial charge in [-0.2, -0.15) is 0 Å². The first-order valence-electron chi connectivity index (χ1n) is 7.13. The van der Waals surface area contributed by atoms with Crippen LogP contribution in [0.2, 0.25) is 0 Å². The van der Waals surface area contributed by atoms with Gasteiger partial charge in [-0.1, -0.05) is 42.1 Å². The number of aliphatic imine (C=N–C) groups is 1. The van der Waals surface area contributed by atoms with Gasteiger partial charge in [0, 0.05) is 12.3 Å². The molecular formula is C16H18N2O2S. The van der Waals surface area contributed by atoms with Crippen LogP contribution in [0.3, 0.4) is 0 Å². The maximum absolute atomic E-state index is 12.4. The van der Waals surface area contributed by atoms with Gasteiger partial charge in [-0.15, -0.1) is 0 Å². The van der Waals surface area contributed by atoms with Gasteiger partial charge in [0.25, 0.3) is 0 Å². The predicted molar refractivity (Wildman–Crippen MR) is 85.1 cm³/mol. The summed E-state index contributed by atoms with van der Waals surface area (Å²) in [6, 6.07) is 10.0. The number of amidine groups is 1. The molecule has 0 saturated carbocycles. The van der Waals surface area contributed by atoms with Crippen molar-refractivity contribution in [1.29, 1.82) is 0 Å². The van der Waals surface area contributed by atoms with Crippen molar-refractivity contribution in [3.8, 4) is 0 Å². The first-order chi connectivity index (χ1) is 10.2. The van der Waals surface area contributed by atoms with Gasteiger partial charge in [0.05, 0.1) is 23.9 Å². The smallest absolute Gasteiger partial charge is 0.338 e. The fourth-order valence-electron chi connectivity index (χ4n) is 2.76. The van der Waals surface area contributed by atoms with E-state index in [9.17, 15) is 4.79 Å². The molecule has 5 heteroatoms. The minimum absolute atomic E-state index is 0.0900. The minimum Gasteiger partial charge on any atom is -0.463 e. The van der Waals surface area contributed by atoms with Crippen molar-refractivity contribution in [3.05, 3.63) is 47.2 Å². The number of rotatable bonds is 3. The maximum Gasteiger partial charge on any atom is 0.338 e. The van der Waals surface area contributed by atoms with Crippen molar-refractivity contribution in [3.63, 3.8) is 0 Å². The fraction of sp³-hybridized carbons (Fsp3) is 0.375. The molecule has 0 radical (unpaired) electrons. The fourth-order valence-corrected chi connectivity index (χ4v) is 3.79. The molecule has 21 heavy (non-hydrogen) atoms. The lowest BCUT2D eigenvalue weighted by molar-refractivity contribution is -0.139. The molecule has 1 saturated heterocycles. The first-order valence-corrected chi connectivity index (χ1v) is 8.12. The van der Waals surface area contributed by atoms with E-state index in [0.717, 1.165) is 28.7 Å². The first kappa shape index (κ1) is 14.2. The van der Waals surface area contributed by atoms with Crippen LogP contribution >= 0.6 is 11.8 Å². The zero-order valence-corrected chi connectivity index (χ0v) is 13.0. The molecule has 0 N–H and O–H groups in total. The molecule has 0 aromatic heterocycles. The van der Waals surface area contributed by atoms with Crippen molar-refractivity contribution >= 4 is 22.9 Å². The van der Waals surface area contributed by atoms with Crippen LogP contribution in [0.4, 0.5) is 0 Å². The Labute approximate surface area is 128 Å². The third-order valence-electron chi connectivity index (χ3n) is 3.66. The Morgan fingerprint density at radius 3 is 2.90 bits per heavy atom. The Kier molecular flexibility index (Phi) is 4.01. The Balaban J connectivity index is 2.08. The second kappa shape index (κ2) is 5.93. The van der Waals surface area contributed by atoms with Gasteiger partial charge < -0.3 is 9.64 Å². The largest absolute Gasteiger partial charge is 0.463 e. The van der Waals surface area contributed by atoms with E-state index in [1.54, 1.807) is 11.8 Å². The van der Waals surface area contributed by atoms with Crippen molar-refractivity contribution in [2.24, 2.45) is 4.99 Å². The summed E-state index contributed by atoms with van der Waals surface area (Å²) in [4.78, 5) is 19.2. The van der Waals surface area contributed by atoms with Crippen LogP contribution in [0.25, 0.3) is 0 Å². The molecule has 1 atom stereocenters. The molecule has 3 rings (SSSR count). The number of carbonyl (C=O) groups is 1. The van der Waals surface area contributed by atoms with Gasteiger partial charge in [0.2, 0.25) is 0 Å². The number of benzene rings is 1. The highest BCUT2D eigenvalue weighted by Gasteiger charge is 2.38. The minimum atomic E-state index is -0.261. The normalized spacial score (nSPS) is 21.1. The van der Waals surface area contributed by atoms with Crippen LogP contribution < -0.4 is 0 Å². The Morgan fingerprint density at radius 1 is 1.43 bits per heavy atom. The van der Waals surface area contributed by atoms with Gasteiger partial charge in [0.15, 0.2) is 5.17 Å². The molecule has 0 bridgehead atoms. The SMILES string of the molecule is CCOC(=O)C1=C(C)N=C2SCCN2[C@H]1c1ccccc1. The van der Waals surface area contributed by atoms with Crippen molar-refractivity contribution < 1.29 is 9.53 Å². The summed E-state index contributed by atoms with van der Waals surface area (Å²) in [5.74, 6) is 0.745. The zero-order valence-electron chi connectivity index (χ0n) is 12.2. The molecule has 2 aliphatic heterocycles. The lowest BCUT2D eigenvalue weighted by atomic mass is 9.95. The lowest BCUT2D eigenvalue weighted by Crippen LogP contribution is -2.36. The molecule has 1 aromatic rings. The monoisotopic (exact) mass is 302 g/mol. The number of ether oxygens (including phenoxy) is 1. The molecule has 1 aromatic carbocycles. The van der Waals surface area contributed by atoms with Crippen LogP contribution in [-0.2, 0) is 9.53 Å². The molecule has 2 aliphatic rings. The van der Waals surface area contributed by atoms with Crippen LogP contribution in [0, 0.1) is 0 Å². The van der Waals surface area contributed by atoms with Crippen LogP contribution in [-0.4, -0.2) is 34.9 Å². The lowest BCUT2D eigenvalue weighted by Gasteiger charge is -2.34. The number of nitrogens with zero attached hydrogens (tertiary/aromatic N) is 2. The summed E-state index contributed by atoms with van der Waals surface area (Å²) in [6.45, 7) is 5.00. The van der Waals surface area contributed by atoms with Crippen molar-refractivity contribution in [2.45, 2.75) is 19.9 Å². The summed E-state index contributed by atoms with van der Waals surface area (Å²) in [5.41, 5.74) is 2.53. The average molecular weight is 302 g/mol. The summed E-state index contributed by atoms with van der Waals surface area (Å²) in [7, 11) is 0. The Morgan fingerprint density at radius 2 is 2.19 bits per heavy atom. The van der Waals surface area contributed by atoms with E-state index in [-0.39, 0.29) is 12.0 Å². The second-order valence-electron chi connectivity index (χ2n) is 4.97. The van der Waals surface area contributed by atoms with E-state index < -0.39 is 0 Å². The van der Waals surface area contributed by atoms with E-state index in [1.165, 1.54) is 0 Å². The number of hydrogen-bond donors (Lipinski definition) is 0. The van der Waals surface area contributed by atoms with Crippen LogP contribution in [0.1, 0.15) is 25.5 Å². The number of carbonyl (C=O) groups excluding carboxylic acids is 1. The highest BCUT2D eigenvalue weighted by Crippen LogP contribution is 2.40. The van der Waals surface area contributed by atoms with Gasteiger partial charge in [-0.05, 0) is 19.4 Å². The van der Waals surface area contributed by atoms with E-state index >= 15 is 0 Å². The Hall–Kier alpha value is -1.75. The quantitative estimate of drug-likeness (QED) is 0.805. The van der Waals surface area contributed by atoms with Crippen LogP contribution in [0.5, 0.6) is 0 Å². The molecule has 2 heterocycles. The summed E-state index contributed by atoms with van der Waals surface area (Å²) >= 11 is 1.75. The third-order valence-corrected chi connectivity index (χ3v) is 4.63. The standard InChI is InChI=1S/C16H18N2O2S/c1-3-20-15(19)13-11(2)17-16-18(9-10-21-16)14(13)12-7-5-4-6-8-12/h4-8,14H,3,9-10H2,1-2H3/t14-/m0/s1. The number of allylic oxidation sites excluding steroid dienone is 1. The number of hydrogen-bond acceptors (Lipinski definition) is 5. The third kappa shape index (κ3) is 2.58. The molecule has 0 aliphatic carbocycles. The number of thioether (sulfide) groups is 1. The molecule has 0 unspecified atom stereocenters. The van der Waals surface area contributed by atoms with Crippen molar-refractivity contribution in [1.82, 2.24) is 4.90 Å². The topological polar surface area (TPSA) is 41.9 Å². The Bertz CT molecular complexity index is 610. The second-order valence-corrected chi connectivity index (χ2v) is 6.03. The summed E-state index contributed by atoms with van der Waals surface area (Å²) < 4.78 is 5.25. The van der Waals surface area contributed by atoms with Gasteiger partial charge in [-0.25, -0.2) is 9.79 Å². The van der Waals surface area contributed by atoms with Crippen LogP contribution in [0.15, 0.2) is 46.6 Å². The number of fused-ring (bicyclic) bond motifs is 1. The van der Waals surface area contributed by atoms with Gasteiger partial charge in [-0.3, -0.25) is 0 Å². The highest BCUT2D eigenvalue weighted by molar-refractivity contribution is 8.14. The van der Waals surface area contributed by atoms with Gasteiger partial charge >= 0.3 is 5.97 Å². The molecular weight excluding hydrogens is 284 g/mol. The summed E-state index contributed by atoms with van der Waals surface area (Å²) in [6.07, 6.45) is 0. The maximum atomic E-state index is 12.4. The highest BCUT2D eigenvalue weighted by atomic mass is 32.2. The molecule has 1 fully saturated rings. The summed E-state index contributed by atoms with van der Waals surface area (Å²) in [5, 5.41) is 1.01.